The van der Waals surface area contributed by atoms with E-state index in [-0.39, 0.29) is 6.04 Å². The maximum Gasteiger partial charge on any atom is 0.416 e. The van der Waals surface area contributed by atoms with Crippen LogP contribution < -0.4 is 5.73 Å². The van der Waals surface area contributed by atoms with E-state index in [1.807, 2.05) is 0 Å². The number of benzene rings is 1. The zero-order valence-corrected chi connectivity index (χ0v) is 9.98. The van der Waals surface area contributed by atoms with Gasteiger partial charge in [0.2, 0.25) is 0 Å². The molecule has 2 N–H and O–H groups in total. The Labute approximate surface area is 100.0 Å². The van der Waals surface area contributed by atoms with Crippen molar-refractivity contribution >= 4 is 15.9 Å². The van der Waals surface area contributed by atoms with Crippen LogP contribution in [0.15, 0.2) is 22.7 Å². The summed E-state index contributed by atoms with van der Waals surface area (Å²) < 4.78 is 38.2. The molecule has 1 nitrogen and oxygen atoms in total. The number of nitrogens with two attached hydrogens (primary N) is 1. The largest absolute Gasteiger partial charge is 0.416 e. The second-order valence-electron chi connectivity index (χ2n) is 4.10. The Morgan fingerprint density at radius 1 is 1.31 bits per heavy atom. The smallest absolute Gasteiger partial charge is 0.324 e. The number of halogens is 4. The van der Waals surface area contributed by atoms with E-state index in [1.54, 1.807) is 0 Å². The maximum absolute atomic E-state index is 12.5. The summed E-state index contributed by atoms with van der Waals surface area (Å²) in [5.41, 5.74) is 5.83. The van der Waals surface area contributed by atoms with Crippen LogP contribution in [0.4, 0.5) is 13.2 Å². The lowest BCUT2D eigenvalue weighted by atomic mass is 10.0. The second kappa shape index (κ2) is 4.04. The molecule has 1 aliphatic carbocycles. The highest BCUT2D eigenvalue weighted by molar-refractivity contribution is 9.10. The fourth-order valence-electron chi connectivity index (χ4n) is 1.68. The van der Waals surface area contributed by atoms with E-state index in [2.05, 4.69) is 15.9 Å². The first kappa shape index (κ1) is 11.9. The molecule has 1 aromatic carbocycles. The predicted octanol–water partition coefficient (Wildman–Crippen LogP) is 3.88. The van der Waals surface area contributed by atoms with Gasteiger partial charge in [-0.05, 0) is 42.5 Å². The van der Waals surface area contributed by atoms with Crippen molar-refractivity contribution in [3.8, 4) is 0 Å². The third-order valence-corrected chi connectivity index (χ3v) is 3.53. The van der Waals surface area contributed by atoms with Gasteiger partial charge < -0.3 is 5.73 Å². The van der Waals surface area contributed by atoms with Gasteiger partial charge in [0.15, 0.2) is 0 Å². The number of alkyl halides is 3. The Kier molecular flexibility index (Phi) is 3.01. The average Bonchev–Trinajstić information content (AvgIpc) is 2.98. The van der Waals surface area contributed by atoms with Crippen LogP contribution in [0.25, 0.3) is 0 Å². The summed E-state index contributed by atoms with van der Waals surface area (Å²) in [4.78, 5) is 0. The van der Waals surface area contributed by atoms with Crippen LogP contribution in [-0.4, -0.2) is 0 Å². The first-order valence-electron chi connectivity index (χ1n) is 5.02. The van der Waals surface area contributed by atoms with E-state index in [0.29, 0.717) is 16.0 Å². The van der Waals surface area contributed by atoms with Gasteiger partial charge in [-0.3, -0.25) is 0 Å². The van der Waals surface area contributed by atoms with Gasteiger partial charge >= 0.3 is 6.18 Å². The van der Waals surface area contributed by atoms with Crippen molar-refractivity contribution in [1.29, 1.82) is 0 Å². The Bertz CT molecular complexity index is 399. The Balaban J connectivity index is 2.36. The van der Waals surface area contributed by atoms with Crippen LogP contribution in [0.1, 0.15) is 30.0 Å². The van der Waals surface area contributed by atoms with Crippen molar-refractivity contribution < 1.29 is 13.2 Å². The molecule has 0 bridgehead atoms. The third-order valence-electron chi connectivity index (χ3n) is 2.81. The van der Waals surface area contributed by atoms with Crippen LogP contribution >= 0.6 is 15.9 Å². The molecule has 0 aromatic heterocycles. The lowest BCUT2D eigenvalue weighted by molar-refractivity contribution is -0.137. The quantitative estimate of drug-likeness (QED) is 0.880. The minimum absolute atomic E-state index is 0.295. The Morgan fingerprint density at radius 3 is 2.44 bits per heavy atom. The molecule has 0 saturated heterocycles. The Hall–Kier alpha value is -0.550. The summed E-state index contributed by atoms with van der Waals surface area (Å²) in [5.74, 6) is 0.333. The summed E-state index contributed by atoms with van der Waals surface area (Å²) in [6, 6.07) is 3.33. The van der Waals surface area contributed by atoms with Crippen molar-refractivity contribution in [3.05, 3.63) is 33.8 Å². The summed E-state index contributed by atoms with van der Waals surface area (Å²) in [7, 11) is 0. The number of hydrogen-bond acceptors (Lipinski definition) is 1. The highest BCUT2D eigenvalue weighted by Gasteiger charge is 2.34. The van der Waals surface area contributed by atoms with Crippen LogP contribution in [0.5, 0.6) is 0 Å². The zero-order valence-electron chi connectivity index (χ0n) is 8.39. The molecule has 1 fully saturated rings. The molecule has 0 aliphatic heterocycles. The predicted molar refractivity (Wildman–Crippen MR) is 58.8 cm³/mol. The highest BCUT2D eigenvalue weighted by Crippen LogP contribution is 2.42. The normalized spacial score (nSPS) is 18.6. The van der Waals surface area contributed by atoms with Crippen LogP contribution in [0.3, 0.4) is 0 Å². The monoisotopic (exact) mass is 293 g/mol. The molecule has 0 spiro atoms. The van der Waals surface area contributed by atoms with Crippen LogP contribution in [-0.2, 0) is 6.18 Å². The molecular weight excluding hydrogens is 283 g/mol. The van der Waals surface area contributed by atoms with E-state index < -0.39 is 11.7 Å². The molecule has 1 aliphatic rings. The van der Waals surface area contributed by atoms with Gasteiger partial charge in [0, 0.05) is 10.5 Å². The topological polar surface area (TPSA) is 26.0 Å². The van der Waals surface area contributed by atoms with E-state index >= 15 is 0 Å². The van der Waals surface area contributed by atoms with E-state index in [0.717, 1.165) is 25.0 Å². The molecule has 0 heterocycles. The van der Waals surface area contributed by atoms with Gasteiger partial charge in [0.1, 0.15) is 0 Å². The molecule has 16 heavy (non-hydrogen) atoms. The minimum Gasteiger partial charge on any atom is -0.324 e. The number of hydrogen-bond donors (Lipinski definition) is 1. The fourth-order valence-corrected chi connectivity index (χ4v) is 2.20. The van der Waals surface area contributed by atoms with Crippen LogP contribution in [0.2, 0.25) is 0 Å². The summed E-state index contributed by atoms with van der Waals surface area (Å²) in [6.45, 7) is 0. The fraction of sp³-hybridized carbons (Fsp3) is 0.455. The van der Waals surface area contributed by atoms with Crippen molar-refractivity contribution in [2.45, 2.75) is 25.1 Å². The van der Waals surface area contributed by atoms with Gasteiger partial charge in [-0.25, -0.2) is 0 Å². The lowest BCUT2D eigenvalue weighted by Gasteiger charge is -2.15. The molecule has 0 amide bonds. The molecule has 1 saturated carbocycles. The molecule has 1 atom stereocenters. The second-order valence-corrected chi connectivity index (χ2v) is 4.95. The van der Waals surface area contributed by atoms with Crippen molar-refractivity contribution in [2.24, 2.45) is 11.7 Å². The van der Waals surface area contributed by atoms with E-state index in [1.165, 1.54) is 6.07 Å². The van der Waals surface area contributed by atoms with Gasteiger partial charge in [-0.2, -0.15) is 13.2 Å². The molecular formula is C11H11BrF3N. The minimum atomic E-state index is -4.31. The maximum atomic E-state index is 12.5. The highest BCUT2D eigenvalue weighted by atomic mass is 79.9. The van der Waals surface area contributed by atoms with Crippen molar-refractivity contribution in [2.75, 3.05) is 0 Å². The molecule has 1 unspecified atom stereocenters. The first-order valence-corrected chi connectivity index (χ1v) is 5.81. The van der Waals surface area contributed by atoms with Gasteiger partial charge in [-0.1, -0.05) is 15.9 Å². The SMILES string of the molecule is NC(c1cc(C(F)(F)F)ccc1Br)C1CC1. The average molecular weight is 294 g/mol. The molecule has 5 heteroatoms. The molecule has 1 aromatic rings. The summed E-state index contributed by atoms with van der Waals surface area (Å²) in [5, 5.41) is 0. The molecule has 88 valence electrons. The van der Waals surface area contributed by atoms with Gasteiger partial charge in [-0.15, -0.1) is 0 Å². The van der Waals surface area contributed by atoms with E-state index in [9.17, 15) is 13.2 Å². The third kappa shape index (κ3) is 2.40. The molecule has 2 rings (SSSR count). The van der Waals surface area contributed by atoms with Crippen molar-refractivity contribution in [3.63, 3.8) is 0 Å². The standard InChI is InChI=1S/C11H11BrF3N/c12-9-4-3-7(11(13,14)15)5-8(9)10(16)6-1-2-6/h3-6,10H,1-2,16H2. The molecule has 0 radical (unpaired) electrons. The van der Waals surface area contributed by atoms with Gasteiger partial charge in [0.25, 0.3) is 0 Å². The zero-order chi connectivity index (χ0) is 11.9. The lowest BCUT2D eigenvalue weighted by Crippen LogP contribution is -2.15. The Morgan fingerprint density at radius 2 is 1.94 bits per heavy atom. The first-order chi connectivity index (χ1) is 7.39. The summed E-state index contributed by atoms with van der Waals surface area (Å²) >= 11 is 3.25. The van der Waals surface area contributed by atoms with Crippen LogP contribution in [0, 0.1) is 5.92 Å². The summed E-state index contributed by atoms with van der Waals surface area (Å²) in [6.07, 6.45) is -2.30. The van der Waals surface area contributed by atoms with Crippen molar-refractivity contribution in [1.82, 2.24) is 0 Å². The number of rotatable bonds is 2. The van der Waals surface area contributed by atoms with E-state index in [4.69, 9.17) is 5.73 Å². The van der Waals surface area contributed by atoms with Gasteiger partial charge in [0.05, 0.1) is 5.56 Å².